The van der Waals surface area contributed by atoms with Crippen LogP contribution in [-0.2, 0) is 18.0 Å². The molecule has 0 saturated heterocycles. The maximum absolute atomic E-state index is 11.6. The summed E-state index contributed by atoms with van der Waals surface area (Å²) >= 11 is 0. The second kappa shape index (κ2) is 3.96. The van der Waals surface area contributed by atoms with E-state index in [0.29, 0.717) is 22.3 Å². The highest BCUT2D eigenvalue weighted by atomic mass is 16.5. The van der Waals surface area contributed by atoms with Gasteiger partial charge < -0.3 is 9.84 Å². The quantitative estimate of drug-likeness (QED) is 0.624. The number of benzene rings is 1. The second-order valence-electron chi connectivity index (χ2n) is 4.25. The topological polar surface area (TPSA) is 63.6 Å². The molecule has 0 radical (unpaired) electrons. The van der Waals surface area contributed by atoms with E-state index in [1.54, 1.807) is 13.8 Å². The Morgan fingerprint density at radius 2 is 2.00 bits per heavy atom. The summed E-state index contributed by atoms with van der Waals surface area (Å²) in [7, 11) is 0. The fourth-order valence-electron chi connectivity index (χ4n) is 2.48. The van der Waals surface area contributed by atoms with Crippen LogP contribution in [0.4, 0.5) is 0 Å². The lowest BCUT2D eigenvalue weighted by atomic mass is 9.87. The Hall–Kier alpha value is -1.68. The average molecular weight is 234 g/mol. The van der Waals surface area contributed by atoms with Crippen LogP contribution in [-0.4, -0.2) is 16.9 Å². The van der Waals surface area contributed by atoms with Crippen molar-refractivity contribution in [1.29, 1.82) is 0 Å². The zero-order chi connectivity index (χ0) is 12.7. The second-order valence-corrected chi connectivity index (χ2v) is 4.25. The molecule has 2 rings (SSSR count). The first-order chi connectivity index (χ1) is 7.99. The van der Waals surface area contributed by atoms with Crippen LogP contribution in [0.2, 0.25) is 0 Å². The summed E-state index contributed by atoms with van der Waals surface area (Å²) in [5, 5.41) is 9.39. The molecule has 0 atom stereocenters. The van der Waals surface area contributed by atoms with Crippen LogP contribution >= 0.6 is 0 Å². The highest BCUT2D eigenvalue weighted by Crippen LogP contribution is 2.32. The molecule has 17 heavy (non-hydrogen) atoms. The van der Waals surface area contributed by atoms with Crippen molar-refractivity contribution in [3.63, 3.8) is 0 Å². The molecule has 0 amide bonds. The van der Waals surface area contributed by atoms with Crippen LogP contribution in [0.5, 0.6) is 0 Å². The minimum Gasteiger partial charge on any atom is -0.457 e. The Morgan fingerprint density at radius 3 is 2.53 bits per heavy atom. The molecular formula is C13H14O4. The van der Waals surface area contributed by atoms with Crippen molar-refractivity contribution in [3.05, 3.63) is 33.4 Å². The van der Waals surface area contributed by atoms with Crippen LogP contribution < -0.4 is 0 Å². The average Bonchev–Trinajstić information content (AvgIpc) is 2.65. The maximum Gasteiger partial charge on any atom is 0.339 e. The van der Waals surface area contributed by atoms with Crippen LogP contribution in [0, 0.1) is 13.8 Å². The molecule has 0 fully saturated rings. The Kier molecular flexibility index (Phi) is 2.75. The minimum absolute atomic E-state index is 0.142. The third kappa shape index (κ3) is 1.56. The number of rotatable bonds is 2. The first-order valence-corrected chi connectivity index (χ1v) is 5.42. The van der Waals surface area contributed by atoms with Crippen LogP contribution in [0.15, 0.2) is 0 Å². The number of carbonyl (C=O) groups excluding carboxylic acids is 2. The lowest BCUT2D eigenvalue weighted by Crippen LogP contribution is -2.11. The third-order valence-electron chi connectivity index (χ3n) is 3.32. The zero-order valence-corrected chi connectivity index (χ0v) is 10.1. The van der Waals surface area contributed by atoms with Gasteiger partial charge in [0.1, 0.15) is 6.61 Å². The first-order valence-electron chi connectivity index (χ1n) is 5.42. The Labute approximate surface area is 99.2 Å². The van der Waals surface area contributed by atoms with Crippen molar-refractivity contribution in [1.82, 2.24) is 0 Å². The van der Waals surface area contributed by atoms with E-state index >= 15 is 0 Å². The highest BCUT2D eigenvalue weighted by Gasteiger charge is 2.30. The van der Waals surface area contributed by atoms with E-state index in [-0.39, 0.29) is 25.0 Å². The van der Waals surface area contributed by atoms with Gasteiger partial charge in [0.05, 0.1) is 12.2 Å². The molecule has 1 aliphatic heterocycles. The Balaban J connectivity index is 2.86. The lowest BCUT2D eigenvalue weighted by Gasteiger charge is -2.15. The lowest BCUT2D eigenvalue weighted by molar-refractivity contribution is 0.0534. The van der Waals surface area contributed by atoms with Gasteiger partial charge in [-0.2, -0.15) is 0 Å². The number of Topliss-reactive ketones (excluding diaryl/α,β-unsaturated/α-hetero) is 1. The van der Waals surface area contributed by atoms with Gasteiger partial charge >= 0.3 is 5.97 Å². The van der Waals surface area contributed by atoms with Gasteiger partial charge in [0, 0.05) is 11.1 Å². The SMILES string of the molecule is CC(=O)c1c(C)c2c(c(C)c1CO)COC2=O. The van der Waals surface area contributed by atoms with Gasteiger partial charge in [-0.15, -0.1) is 0 Å². The number of esters is 1. The number of aliphatic hydroxyl groups excluding tert-OH is 1. The molecule has 4 nitrogen and oxygen atoms in total. The maximum atomic E-state index is 11.6. The van der Waals surface area contributed by atoms with Gasteiger partial charge in [-0.3, -0.25) is 4.79 Å². The van der Waals surface area contributed by atoms with Gasteiger partial charge in [-0.25, -0.2) is 4.79 Å². The highest BCUT2D eigenvalue weighted by molar-refractivity contribution is 6.03. The van der Waals surface area contributed by atoms with E-state index in [2.05, 4.69) is 0 Å². The van der Waals surface area contributed by atoms with Gasteiger partial charge in [0.25, 0.3) is 0 Å². The number of hydrogen-bond donors (Lipinski definition) is 1. The number of ether oxygens (including phenoxy) is 1. The number of ketones is 1. The van der Waals surface area contributed by atoms with Crippen molar-refractivity contribution in [2.24, 2.45) is 0 Å². The Morgan fingerprint density at radius 1 is 1.35 bits per heavy atom. The summed E-state index contributed by atoms with van der Waals surface area (Å²) in [5.74, 6) is -0.523. The number of carbonyl (C=O) groups is 2. The van der Waals surface area contributed by atoms with E-state index in [1.165, 1.54) is 6.92 Å². The molecule has 0 aromatic heterocycles. The van der Waals surface area contributed by atoms with Crippen LogP contribution in [0.3, 0.4) is 0 Å². The molecule has 4 heteroatoms. The number of aliphatic hydroxyl groups is 1. The molecule has 1 aromatic rings. The monoisotopic (exact) mass is 234 g/mol. The largest absolute Gasteiger partial charge is 0.457 e. The van der Waals surface area contributed by atoms with E-state index in [9.17, 15) is 14.7 Å². The smallest absolute Gasteiger partial charge is 0.339 e. The van der Waals surface area contributed by atoms with Crippen LogP contribution in [0.25, 0.3) is 0 Å². The molecule has 0 spiro atoms. The number of cyclic esters (lactones) is 1. The van der Waals surface area contributed by atoms with Gasteiger partial charge in [-0.05, 0) is 37.5 Å². The van der Waals surface area contributed by atoms with Crippen molar-refractivity contribution < 1.29 is 19.4 Å². The van der Waals surface area contributed by atoms with Crippen molar-refractivity contribution in [2.75, 3.05) is 0 Å². The summed E-state index contributed by atoms with van der Waals surface area (Å²) in [4.78, 5) is 23.3. The molecule has 1 aromatic carbocycles. The van der Waals surface area contributed by atoms with Crippen LogP contribution in [0.1, 0.15) is 49.9 Å². The standard InChI is InChI=1S/C13H14O4/c1-6-9(4-14)11(8(3)15)7(2)12-10(6)5-17-13(12)16/h14H,4-5H2,1-3H3. The molecule has 1 N–H and O–H groups in total. The van der Waals surface area contributed by atoms with Crippen molar-refractivity contribution >= 4 is 11.8 Å². The molecular weight excluding hydrogens is 220 g/mol. The molecule has 1 aliphatic rings. The summed E-state index contributed by atoms with van der Waals surface area (Å²) in [6, 6.07) is 0. The molecule has 0 aliphatic carbocycles. The zero-order valence-electron chi connectivity index (χ0n) is 10.1. The normalized spacial score (nSPS) is 13.5. The van der Waals surface area contributed by atoms with Gasteiger partial charge in [0.15, 0.2) is 5.78 Å². The fourth-order valence-corrected chi connectivity index (χ4v) is 2.48. The van der Waals surface area contributed by atoms with E-state index in [0.717, 1.165) is 11.1 Å². The van der Waals surface area contributed by atoms with E-state index in [4.69, 9.17) is 4.74 Å². The number of hydrogen-bond acceptors (Lipinski definition) is 4. The third-order valence-corrected chi connectivity index (χ3v) is 3.32. The predicted molar refractivity (Wildman–Crippen MR) is 61.0 cm³/mol. The first kappa shape index (κ1) is 11.8. The number of fused-ring (bicyclic) bond motifs is 1. The van der Waals surface area contributed by atoms with Crippen molar-refractivity contribution in [3.8, 4) is 0 Å². The predicted octanol–water partition coefficient (Wildman–Crippen LogP) is 1.67. The summed E-state index contributed by atoms with van der Waals surface area (Å²) in [6.45, 7) is 4.99. The summed E-state index contributed by atoms with van der Waals surface area (Å²) < 4.78 is 4.99. The summed E-state index contributed by atoms with van der Waals surface area (Å²) in [5.41, 5.74) is 3.73. The molecule has 0 unspecified atom stereocenters. The summed E-state index contributed by atoms with van der Waals surface area (Å²) in [6.07, 6.45) is 0. The van der Waals surface area contributed by atoms with Gasteiger partial charge in [0.2, 0.25) is 0 Å². The molecule has 0 bridgehead atoms. The van der Waals surface area contributed by atoms with Gasteiger partial charge in [-0.1, -0.05) is 0 Å². The molecule has 90 valence electrons. The fraction of sp³-hybridized carbons (Fsp3) is 0.385. The Bertz CT molecular complexity index is 529. The van der Waals surface area contributed by atoms with E-state index in [1.807, 2.05) is 0 Å². The minimum atomic E-state index is -0.382. The van der Waals surface area contributed by atoms with Crippen molar-refractivity contribution in [2.45, 2.75) is 34.0 Å². The van der Waals surface area contributed by atoms with E-state index < -0.39 is 0 Å². The molecule has 0 saturated carbocycles. The molecule has 1 heterocycles.